The number of thiophene rings is 1. The average Bonchev–Trinajstić information content (AvgIpc) is 2.72. The van der Waals surface area contributed by atoms with Crippen molar-refractivity contribution in [3.8, 4) is 0 Å². The Kier molecular flexibility index (Phi) is 3.09. The third-order valence-electron chi connectivity index (χ3n) is 3.17. The van der Waals surface area contributed by atoms with Gasteiger partial charge in [-0.2, -0.15) is 0 Å². The molecule has 14 heavy (non-hydrogen) atoms. The highest BCUT2D eigenvalue weighted by Crippen LogP contribution is 2.39. The second kappa shape index (κ2) is 4.17. The van der Waals surface area contributed by atoms with E-state index in [9.17, 15) is 0 Å². The summed E-state index contributed by atoms with van der Waals surface area (Å²) in [6.45, 7) is 5.78. The van der Waals surface area contributed by atoms with Gasteiger partial charge in [0.15, 0.2) is 0 Å². The summed E-state index contributed by atoms with van der Waals surface area (Å²) in [6.07, 6.45) is 3.83. The van der Waals surface area contributed by atoms with Crippen molar-refractivity contribution in [1.82, 2.24) is 0 Å². The van der Waals surface area contributed by atoms with Gasteiger partial charge in [0.05, 0.1) is 14.0 Å². The fraction of sp³-hybridized carbons (Fsp3) is 0.636. The monoisotopic (exact) mass is 226 g/mol. The van der Waals surface area contributed by atoms with E-state index in [1.807, 2.05) is 11.3 Å². The predicted molar refractivity (Wildman–Crippen MR) is 64.7 cm³/mol. The number of hydrogen-bond donors (Lipinski definition) is 0. The SMILES string of the molecule is C[SiH](C)C1(c2cccs2)CCCCO1. The molecule has 1 nitrogen and oxygen atoms in total. The average molecular weight is 226 g/mol. The van der Waals surface area contributed by atoms with E-state index in [4.69, 9.17) is 4.74 Å². The summed E-state index contributed by atoms with van der Waals surface area (Å²) >= 11 is 1.87. The van der Waals surface area contributed by atoms with Crippen LogP contribution < -0.4 is 0 Å². The summed E-state index contributed by atoms with van der Waals surface area (Å²) < 4.78 is 6.14. The quantitative estimate of drug-likeness (QED) is 0.704. The molecule has 0 N–H and O–H groups in total. The van der Waals surface area contributed by atoms with Crippen molar-refractivity contribution in [2.75, 3.05) is 6.61 Å². The summed E-state index contributed by atoms with van der Waals surface area (Å²) in [5, 5.41) is 2.33. The lowest BCUT2D eigenvalue weighted by Crippen LogP contribution is -2.43. The first-order valence-electron chi connectivity index (χ1n) is 5.43. The normalized spacial score (nSPS) is 28.2. The van der Waals surface area contributed by atoms with Crippen LogP contribution in [0.25, 0.3) is 0 Å². The number of ether oxygens (including phenoxy) is 1. The van der Waals surface area contributed by atoms with Crippen LogP contribution in [0.3, 0.4) is 0 Å². The van der Waals surface area contributed by atoms with Gasteiger partial charge in [-0.3, -0.25) is 0 Å². The van der Waals surface area contributed by atoms with Crippen LogP contribution >= 0.6 is 11.3 Å². The zero-order chi connectivity index (χ0) is 10.0. The minimum absolute atomic E-state index is 0.159. The molecule has 0 saturated carbocycles. The van der Waals surface area contributed by atoms with Gasteiger partial charge in [-0.25, -0.2) is 0 Å². The lowest BCUT2D eigenvalue weighted by Gasteiger charge is -2.39. The molecule has 1 aliphatic heterocycles. The molecule has 1 saturated heterocycles. The molecule has 1 aliphatic rings. The van der Waals surface area contributed by atoms with Gasteiger partial charge in [0.2, 0.25) is 0 Å². The third-order valence-corrected chi connectivity index (χ3v) is 7.04. The van der Waals surface area contributed by atoms with Gasteiger partial charge < -0.3 is 4.74 Å². The van der Waals surface area contributed by atoms with Crippen molar-refractivity contribution in [3.05, 3.63) is 22.4 Å². The molecule has 78 valence electrons. The Balaban J connectivity index is 2.30. The Hall–Kier alpha value is -0.123. The molecule has 1 atom stereocenters. The van der Waals surface area contributed by atoms with Crippen LogP contribution in [0.15, 0.2) is 17.5 Å². The predicted octanol–water partition coefficient (Wildman–Crippen LogP) is 3.17. The molecule has 3 heteroatoms. The standard InChI is InChI=1S/C11H18OSSi/c1-14(2)11(7-3-4-8-12-11)10-6-5-9-13-10/h5-6,9,14H,3-4,7-8H2,1-2H3. The van der Waals surface area contributed by atoms with E-state index in [0.717, 1.165) is 6.61 Å². The maximum Gasteiger partial charge on any atom is 0.0876 e. The summed E-state index contributed by atoms with van der Waals surface area (Å²) in [4.78, 5) is 1.47. The molecule has 1 aromatic heterocycles. The topological polar surface area (TPSA) is 9.23 Å². The Labute approximate surface area is 91.7 Å². The van der Waals surface area contributed by atoms with E-state index in [1.54, 1.807) is 0 Å². The summed E-state index contributed by atoms with van der Waals surface area (Å²) in [5.41, 5.74) is 0. The highest BCUT2D eigenvalue weighted by Gasteiger charge is 2.39. The molecule has 0 aliphatic carbocycles. The van der Waals surface area contributed by atoms with Gasteiger partial charge in [0.25, 0.3) is 0 Å². The van der Waals surface area contributed by atoms with Crippen molar-refractivity contribution >= 4 is 20.1 Å². The first-order valence-corrected chi connectivity index (χ1v) is 9.20. The zero-order valence-corrected chi connectivity index (χ0v) is 10.9. The molecule has 1 fully saturated rings. The Morgan fingerprint density at radius 3 is 2.79 bits per heavy atom. The van der Waals surface area contributed by atoms with E-state index >= 15 is 0 Å². The summed E-state index contributed by atoms with van der Waals surface area (Å²) in [5.74, 6) is 0. The minimum Gasteiger partial charge on any atom is -0.373 e. The first kappa shape index (κ1) is 10.4. The van der Waals surface area contributed by atoms with Crippen LogP contribution in [0.2, 0.25) is 13.1 Å². The molecule has 2 rings (SSSR count). The molecule has 0 spiro atoms. The van der Waals surface area contributed by atoms with Crippen molar-refractivity contribution in [1.29, 1.82) is 0 Å². The van der Waals surface area contributed by atoms with Gasteiger partial charge in [0, 0.05) is 11.5 Å². The van der Waals surface area contributed by atoms with Gasteiger partial charge in [0.1, 0.15) is 0 Å². The van der Waals surface area contributed by atoms with Gasteiger partial charge in [-0.15, -0.1) is 11.3 Å². The lowest BCUT2D eigenvalue weighted by molar-refractivity contribution is -0.0240. The Morgan fingerprint density at radius 1 is 1.43 bits per heavy atom. The van der Waals surface area contributed by atoms with E-state index in [2.05, 4.69) is 30.6 Å². The maximum absolute atomic E-state index is 6.14. The Morgan fingerprint density at radius 2 is 2.29 bits per heavy atom. The van der Waals surface area contributed by atoms with Crippen LogP contribution in [-0.2, 0) is 9.96 Å². The number of rotatable bonds is 2. The number of hydrogen-bond acceptors (Lipinski definition) is 2. The smallest absolute Gasteiger partial charge is 0.0876 e. The fourth-order valence-electron chi connectivity index (χ4n) is 2.27. The molecule has 2 heterocycles. The van der Waals surface area contributed by atoms with E-state index in [1.165, 1.54) is 24.1 Å². The van der Waals surface area contributed by atoms with Crippen molar-refractivity contribution in [2.24, 2.45) is 0 Å². The van der Waals surface area contributed by atoms with Crippen LogP contribution in [-0.4, -0.2) is 15.4 Å². The summed E-state index contributed by atoms with van der Waals surface area (Å²) in [6, 6.07) is 4.40. The maximum atomic E-state index is 6.14. The van der Waals surface area contributed by atoms with Crippen LogP contribution in [0, 0.1) is 0 Å². The molecule has 0 amide bonds. The highest BCUT2D eigenvalue weighted by atomic mass is 32.1. The van der Waals surface area contributed by atoms with E-state index in [-0.39, 0.29) is 5.22 Å². The van der Waals surface area contributed by atoms with Crippen LogP contribution in [0.1, 0.15) is 24.1 Å². The van der Waals surface area contributed by atoms with E-state index in [0.29, 0.717) is 0 Å². The lowest BCUT2D eigenvalue weighted by atomic mass is 10.1. The van der Waals surface area contributed by atoms with Crippen LogP contribution in [0.4, 0.5) is 0 Å². The molecule has 0 radical (unpaired) electrons. The zero-order valence-electron chi connectivity index (χ0n) is 8.95. The highest BCUT2D eigenvalue weighted by molar-refractivity contribution is 7.10. The first-order chi connectivity index (χ1) is 6.76. The van der Waals surface area contributed by atoms with Crippen molar-refractivity contribution < 1.29 is 4.74 Å². The van der Waals surface area contributed by atoms with Crippen LogP contribution in [0.5, 0.6) is 0 Å². The van der Waals surface area contributed by atoms with E-state index < -0.39 is 8.80 Å². The van der Waals surface area contributed by atoms with Gasteiger partial charge >= 0.3 is 0 Å². The molecule has 1 aromatic rings. The van der Waals surface area contributed by atoms with Crippen molar-refractivity contribution in [2.45, 2.75) is 37.6 Å². The second-order valence-electron chi connectivity index (χ2n) is 4.33. The molecule has 0 bridgehead atoms. The largest absolute Gasteiger partial charge is 0.373 e. The molecule has 0 aromatic carbocycles. The van der Waals surface area contributed by atoms with Gasteiger partial charge in [-0.1, -0.05) is 19.2 Å². The van der Waals surface area contributed by atoms with Crippen molar-refractivity contribution in [3.63, 3.8) is 0 Å². The fourth-order valence-corrected chi connectivity index (χ4v) is 5.90. The molecular weight excluding hydrogens is 208 g/mol. The Bertz CT molecular complexity index is 275. The molecule has 1 unspecified atom stereocenters. The van der Waals surface area contributed by atoms with Gasteiger partial charge in [-0.05, 0) is 30.7 Å². The molecular formula is C11H18OSSi. The summed E-state index contributed by atoms with van der Waals surface area (Å²) in [7, 11) is -0.792. The second-order valence-corrected chi connectivity index (χ2v) is 8.52. The minimum atomic E-state index is -0.792. The third kappa shape index (κ3) is 1.69.